The third-order valence-electron chi connectivity index (χ3n) is 1.36. The van der Waals surface area contributed by atoms with E-state index in [1.807, 2.05) is 0 Å². The molecule has 0 unspecified atom stereocenters. The third-order valence-corrected chi connectivity index (χ3v) is 1.81. The van der Waals surface area contributed by atoms with Crippen molar-refractivity contribution in [2.24, 2.45) is 0 Å². The quantitative estimate of drug-likeness (QED) is 0.653. The molecule has 0 amide bonds. The Hall–Kier alpha value is -0.830. The van der Waals surface area contributed by atoms with Crippen LogP contribution >= 0.6 is 11.6 Å². The average molecular weight is 176 g/mol. The number of hydrogen-bond acceptors (Lipinski definition) is 2. The van der Waals surface area contributed by atoms with Gasteiger partial charge >= 0.3 is 0 Å². The van der Waals surface area contributed by atoms with E-state index in [0.29, 0.717) is 5.56 Å². The van der Waals surface area contributed by atoms with Gasteiger partial charge in [-0.3, -0.25) is 0 Å². The number of rotatable bonds is 1. The SMILES string of the molecule is COc1ncc(F)c(C)c1Cl. The van der Waals surface area contributed by atoms with Gasteiger partial charge in [0.25, 0.3) is 0 Å². The molecule has 0 saturated heterocycles. The molecule has 0 fully saturated rings. The molecule has 0 atom stereocenters. The van der Waals surface area contributed by atoms with Gasteiger partial charge in [0.15, 0.2) is 0 Å². The Labute approximate surface area is 69.0 Å². The zero-order valence-electron chi connectivity index (χ0n) is 6.19. The van der Waals surface area contributed by atoms with E-state index < -0.39 is 5.82 Å². The summed E-state index contributed by atoms with van der Waals surface area (Å²) in [5.74, 6) is -0.165. The molecule has 4 heteroatoms. The Kier molecular flexibility index (Phi) is 2.29. The fourth-order valence-corrected chi connectivity index (χ4v) is 0.893. The van der Waals surface area contributed by atoms with Gasteiger partial charge in [-0.05, 0) is 6.92 Å². The summed E-state index contributed by atoms with van der Waals surface area (Å²) in [5, 5.41) is 0.229. The summed E-state index contributed by atoms with van der Waals surface area (Å²) in [4.78, 5) is 3.63. The normalized spacial score (nSPS) is 9.82. The standard InChI is InChI=1S/C7H7ClFNO/c1-4-5(9)3-10-7(11-2)6(4)8/h3H,1-2H3. The minimum absolute atomic E-state index is 0.229. The maximum Gasteiger partial charge on any atom is 0.232 e. The zero-order valence-corrected chi connectivity index (χ0v) is 6.94. The lowest BCUT2D eigenvalue weighted by Gasteiger charge is -2.03. The molecule has 0 aromatic carbocycles. The molecule has 0 radical (unpaired) electrons. The van der Waals surface area contributed by atoms with Gasteiger partial charge in [0.1, 0.15) is 10.8 Å². The van der Waals surface area contributed by atoms with Crippen molar-refractivity contribution >= 4 is 11.6 Å². The van der Waals surface area contributed by atoms with Crippen molar-refractivity contribution in [3.8, 4) is 5.88 Å². The molecule has 1 heterocycles. The highest BCUT2D eigenvalue weighted by Gasteiger charge is 2.08. The second-order valence-corrected chi connectivity index (χ2v) is 2.43. The maximum atomic E-state index is 12.7. The molecule has 1 aromatic heterocycles. The number of aromatic nitrogens is 1. The van der Waals surface area contributed by atoms with E-state index in [2.05, 4.69) is 4.98 Å². The minimum Gasteiger partial charge on any atom is -0.480 e. The summed E-state index contributed by atoms with van der Waals surface area (Å²) in [6.07, 6.45) is 1.08. The molecular formula is C7H7ClFNO. The number of halogens is 2. The van der Waals surface area contributed by atoms with Crippen LogP contribution in [-0.4, -0.2) is 12.1 Å². The van der Waals surface area contributed by atoms with E-state index in [-0.39, 0.29) is 10.9 Å². The highest BCUT2D eigenvalue weighted by atomic mass is 35.5. The smallest absolute Gasteiger partial charge is 0.232 e. The van der Waals surface area contributed by atoms with Crippen molar-refractivity contribution in [3.63, 3.8) is 0 Å². The lowest BCUT2D eigenvalue weighted by molar-refractivity contribution is 0.395. The number of nitrogens with zero attached hydrogens (tertiary/aromatic N) is 1. The van der Waals surface area contributed by atoms with E-state index >= 15 is 0 Å². The topological polar surface area (TPSA) is 22.1 Å². The molecule has 0 aliphatic carbocycles. The Morgan fingerprint density at radius 1 is 1.64 bits per heavy atom. The molecule has 0 aliphatic heterocycles. The van der Waals surface area contributed by atoms with Crippen molar-refractivity contribution in [2.75, 3.05) is 7.11 Å². The zero-order chi connectivity index (χ0) is 8.43. The van der Waals surface area contributed by atoms with Crippen LogP contribution in [0.4, 0.5) is 4.39 Å². The Balaban J connectivity index is 3.25. The second kappa shape index (κ2) is 3.05. The minimum atomic E-state index is -0.421. The lowest BCUT2D eigenvalue weighted by atomic mass is 10.3. The number of ether oxygens (including phenoxy) is 1. The fourth-order valence-electron chi connectivity index (χ4n) is 0.676. The number of methoxy groups -OCH3 is 1. The van der Waals surface area contributed by atoms with Gasteiger partial charge in [-0.2, -0.15) is 0 Å². The summed E-state index contributed by atoms with van der Waals surface area (Å²) in [6.45, 7) is 1.57. The largest absolute Gasteiger partial charge is 0.480 e. The van der Waals surface area contributed by atoms with Crippen molar-refractivity contribution in [3.05, 3.63) is 22.6 Å². The first-order valence-corrected chi connectivity index (χ1v) is 3.39. The molecule has 0 N–H and O–H groups in total. The number of hydrogen-bond donors (Lipinski definition) is 0. The van der Waals surface area contributed by atoms with Crippen LogP contribution in [0.15, 0.2) is 6.20 Å². The van der Waals surface area contributed by atoms with Crippen LogP contribution in [0.25, 0.3) is 0 Å². The summed E-state index contributed by atoms with van der Waals surface area (Å²) in [7, 11) is 1.44. The van der Waals surface area contributed by atoms with Crippen LogP contribution < -0.4 is 4.74 Å². The molecule has 1 rings (SSSR count). The first-order valence-electron chi connectivity index (χ1n) is 3.01. The van der Waals surface area contributed by atoms with E-state index in [0.717, 1.165) is 6.20 Å². The predicted octanol–water partition coefficient (Wildman–Crippen LogP) is 2.19. The highest BCUT2D eigenvalue weighted by molar-refractivity contribution is 6.32. The predicted molar refractivity (Wildman–Crippen MR) is 40.5 cm³/mol. The molecule has 60 valence electrons. The van der Waals surface area contributed by atoms with Crippen LogP contribution in [0.3, 0.4) is 0 Å². The van der Waals surface area contributed by atoms with Gasteiger partial charge in [-0.25, -0.2) is 9.37 Å². The lowest BCUT2D eigenvalue weighted by Crippen LogP contribution is -1.93. The Morgan fingerprint density at radius 3 is 2.82 bits per heavy atom. The second-order valence-electron chi connectivity index (χ2n) is 2.05. The van der Waals surface area contributed by atoms with E-state index in [4.69, 9.17) is 16.3 Å². The highest BCUT2D eigenvalue weighted by Crippen LogP contribution is 2.26. The molecule has 0 spiro atoms. The van der Waals surface area contributed by atoms with Crippen LogP contribution in [-0.2, 0) is 0 Å². The molecule has 0 bridgehead atoms. The average Bonchev–Trinajstić information content (AvgIpc) is 2.01. The fraction of sp³-hybridized carbons (Fsp3) is 0.286. The van der Waals surface area contributed by atoms with Crippen LogP contribution in [0.1, 0.15) is 5.56 Å². The van der Waals surface area contributed by atoms with Gasteiger partial charge in [-0.15, -0.1) is 0 Å². The third kappa shape index (κ3) is 1.43. The van der Waals surface area contributed by atoms with Gasteiger partial charge in [0.2, 0.25) is 5.88 Å². The molecule has 1 aromatic rings. The summed E-state index contributed by atoms with van der Waals surface area (Å²) < 4.78 is 17.5. The van der Waals surface area contributed by atoms with E-state index in [1.54, 1.807) is 6.92 Å². The van der Waals surface area contributed by atoms with E-state index in [1.165, 1.54) is 7.11 Å². The van der Waals surface area contributed by atoms with Crippen LogP contribution in [0, 0.1) is 12.7 Å². The molecule has 0 aliphatic rings. The van der Waals surface area contributed by atoms with Crippen molar-refractivity contribution in [1.82, 2.24) is 4.98 Å². The van der Waals surface area contributed by atoms with Crippen molar-refractivity contribution in [2.45, 2.75) is 6.92 Å². The van der Waals surface area contributed by atoms with Gasteiger partial charge < -0.3 is 4.74 Å². The van der Waals surface area contributed by atoms with Gasteiger partial charge in [0, 0.05) is 5.56 Å². The summed E-state index contributed by atoms with van der Waals surface area (Å²) in [5.41, 5.74) is 0.360. The number of pyridine rings is 1. The van der Waals surface area contributed by atoms with Crippen LogP contribution in [0.5, 0.6) is 5.88 Å². The van der Waals surface area contributed by atoms with Gasteiger partial charge in [-0.1, -0.05) is 11.6 Å². The summed E-state index contributed by atoms with van der Waals surface area (Å²) >= 11 is 5.67. The molecule has 11 heavy (non-hydrogen) atoms. The van der Waals surface area contributed by atoms with Crippen LogP contribution in [0.2, 0.25) is 5.02 Å². The maximum absolute atomic E-state index is 12.7. The van der Waals surface area contributed by atoms with E-state index in [9.17, 15) is 4.39 Å². The first-order chi connectivity index (χ1) is 5.16. The van der Waals surface area contributed by atoms with Gasteiger partial charge in [0.05, 0.1) is 13.3 Å². The molecular weight excluding hydrogens is 169 g/mol. The monoisotopic (exact) mass is 175 g/mol. The van der Waals surface area contributed by atoms with Crippen molar-refractivity contribution in [1.29, 1.82) is 0 Å². The Morgan fingerprint density at radius 2 is 2.27 bits per heavy atom. The van der Waals surface area contributed by atoms with Crippen molar-refractivity contribution < 1.29 is 9.13 Å². The Bertz CT molecular complexity index is 277. The molecule has 2 nitrogen and oxygen atoms in total. The first kappa shape index (κ1) is 8.27. The molecule has 0 saturated carbocycles. The summed E-state index contributed by atoms with van der Waals surface area (Å²) in [6, 6.07) is 0.